The molecule has 130 valence electrons. The van der Waals surface area contributed by atoms with Gasteiger partial charge in [-0.15, -0.1) is 0 Å². The smallest absolute Gasteiger partial charge is 0.261 e. The van der Waals surface area contributed by atoms with Gasteiger partial charge in [-0.25, -0.2) is 8.42 Å². The highest BCUT2D eigenvalue weighted by atomic mass is 32.2. The molecule has 0 spiro atoms. The lowest BCUT2D eigenvalue weighted by atomic mass is 10.0. The second-order valence-corrected chi connectivity index (χ2v) is 8.04. The highest BCUT2D eigenvalue weighted by Gasteiger charge is 2.14. The van der Waals surface area contributed by atoms with E-state index in [9.17, 15) is 8.42 Å². The first-order valence-corrected chi connectivity index (χ1v) is 9.79. The molecule has 0 aliphatic rings. The molecule has 0 fully saturated rings. The molecule has 0 aliphatic heterocycles. The Hall–Kier alpha value is -2.01. The van der Waals surface area contributed by atoms with Crippen LogP contribution >= 0.6 is 0 Å². The number of anilines is 2. The van der Waals surface area contributed by atoms with Gasteiger partial charge >= 0.3 is 0 Å². The fraction of sp³-hybridized carbons (Fsp3) is 0.368. The van der Waals surface area contributed by atoms with Crippen molar-refractivity contribution >= 4 is 21.4 Å². The van der Waals surface area contributed by atoms with Crippen LogP contribution in [0.5, 0.6) is 0 Å². The van der Waals surface area contributed by atoms with Crippen molar-refractivity contribution in [3.8, 4) is 0 Å². The number of hydrogen-bond donors (Lipinski definition) is 2. The predicted molar refractivity (Wildman–Crippen MR) is 101 cm³/mol. The summed E-state index contributed by atoms with van der Waals surface area (Å²) in [6.45, 7) is 8.38. The van der Waals surface area contributed by atoms with E-state index < -0.39 is 10.0 Å². The van der Waals surface area contributed by atoms with Crippen LogP contribution in [-0.2, 0) is 10.0 Å². The van der Waals surface area contributed by atoms with Crippen LogP contribution in [0.4, 0.5) is 11.4 Å². The first-order chi connectivity index (χ1) is 11.3. The fourth-order valence-electron chi connectivity index (χ4n) is 2.27. The molecule has 5 heteroatoms. The van der Waals surface area contributed by atoms with E-state index in [-0.39, 0.29) is 4.90 Å². The highest BCUT2D eigenvalue weighted by Crippen LogP contribution is 2.21. The number of hydrogen-bond acceptors (Lipinski definition) is 3. The molecule has 0 saturated heterocycles. The molecule has 0 aromatic heterocycles. The third-order valence-electron chi connectivity index (χ3n) is 4.02. The maximum Gasteiger partial charge on any atom is 0.261 e. The number of nitrogens with one attached hydrogen (secondary N) is 2. The molecule has 0 bridgehead atoms. The number of rotatable bonds is 7. The van der Waals surface area contributed by atoms with E-state index in [1.807, 2.05) is 24.3 Å². The lowest BCUT2D eigenvalue weighted by molar-refractivity contribution is 0.601. The molecule has 0 saturated carbocycles. The van der Waals surface area contributed by atoms with Gasteiger partial charge in [0.05, 0.1) is 4.90 Å². The van der Waals surface area contributed by atoms with E-state index in [4.69, 9.17) is 0 Å². The van der Waals surface area contributed by atoms with Gasteiger partial charge < -0.3 is 5.32 Å². The van der Waals surface area contributed by atoms with Crippen LogP contribution in [0.25, 0.3) is 0 Å². The van der Waals surface area contributed by atoms with Gasteiger partial charge in [-0.3, -0.25) is 4.72 Å². The predicted octanol–water partition coefficient (Wildman–Crippen LogP) is 4.82. The molecule has 0 heterocycles. The lowest BCUT2D eigenvalue weighted by Crippen LogP contribution is -2.14. The molecule has 1 atom stereocenters. The SMILES string of the molecule is CCC(C)Nc1ccc(NS(=O)(=O)c2ccc(C(C)C)cc2)cc1. The Labute approximate surface area is 145 Å². The van der Waals surface area contributed by atoms with Crippen molar-refractivity contribution in [2.45, 2.75) is 51.0 Å². The van der Waals surface area contributed by atoms with E-state index in [1.165, 1.54) is 0 Å². The first-order valence-electron chi connectivity index (χ1n) is 8.31. The van der Waals surface area contributed by atoms with Crippen molar-refractivity contribution in [3.63, 3.8) is 0 Å². The first kappa shape index (κ1) is 18.3. The lowest BCUT2D eigenvalue weighted by Gasteiger charge is -2.14. The zero-order valence-electron chi connectivity index (χ0n) is 14.7. The summed E-state index contributed by atoms with van der Waals surface area (Å²) < 4.78 is 27.6. The summed E-state index contributed by atoms with van der Waals surface area (Å²) in [5.41, 5.74) is 2.65. The summed E-state index contributed by atoms with van der Waals surface area (Å²) in [5, 5.41) is 3.35. The van der Waals surface area contributed by atoms with Gasteiger partial charge in [-0.05, 0) is 61.2 Å². The number of sulfonamides is 1. The molecule has 2 N–H and O–H groups in total. The molecular weight excluding hydrogens is 320 g/mol. The van der Waals surface area contributed by atoms with Crippen LogP contribution in [0.2, 0.25) is 0 Å². The summed E-state index contributed by atoms with van der Waals surface area (Å²) in [6.07, 6.45) is 1.03. The maximum atomic E-state index is 12.5. The Kier molecular flexibility index (Phi) is 5.89. The fourth-order valence-corrected chi connectivity index (χ4v) is 3.33. The van der Waals surface area contributed by atoms with E-state index in [0.29, 0.717) is 17.6 Å². The monoisotopic (exact) mass is 346 g/mol. The topological polar surface area (TPSA) is 58.2 Å². The summed E-state index contributed by atoms with van der Waals surface area (Å²) in [6, 6.07) is 14.7. The van der Waals surface area contributed by atoms with Crippen LogP contribution in [0.15, 0.2) is 53.4 Å². The molecule has 1 unspecified atom stereocenters. The van der Waals surface area contributed by atoms with E-state index in [2.05, 4.69) is 37.7 Å². The average Bonchev–Trinajstić information content (AvgIpc) is 2.56. The van der Waals surface area contributed by atoms with Crippen molar-refractivity contribution in [1.29, 1.82) is 0 Å². The normalized spacial score (nSPS) is 12.9. The molecule has 0 aliphatic carbocycles. The van der Waals surface area contributed by atoms with Crippen molar-refractivity contribution in [2.24, 2.45) is 0 Å². The molecule has 2 aromatic carbocycles. The summed E-state index contributed by atoms with van der Waals surface area (Å²) in [7, 11) is -3.57. The molecule has 24 heavy (non-hydrogen) atoms. The average molecular weight is 346 g/mol. The van der Waals surface area contributed by atoms with Gasteiger partial charge in [0.15, 0.2) is 0 Å². The highest BCUT2D eigenvalue weighted by molar-refractivity contribution is 7.92. The summed E-state index contributed by atoms with van der Waals surface area (Å²) >= 11 is 0. The van der Waals surface area contributed by atoms with E-state index >= 15 is 0 Å². The van der Waals surface area contributed by atoms with Crippen LogP contribution in [0.3, 0.4) is 0 Å². The standard InChI is InChI=1S/C19H26N2O2S/c1-5-15(4)20-17-8-10-18(11-9-17)21-24(22,23)19-12-6-16(7-13-19)14(2)3/h6-15,20-21H,5H2,1-4H3. The van der Waals surface area contributed by atoms with Crippen molar-refractivity contribution in [3.05, 3.63) is 54.1 Å². The van der Waals surface area contributed by atoms with Gasteiger partial charge in [-0.2, -0.15) is 0 Å². The van der Waals surface area contributed by atoms with E-state index in [0.717, 1.165) is 17.7 Å². The Balaban J connectivity index is 2.11. The van der Waals surface area contributed by atoms with Crippen LogP contribution in [0.1, 0.15) is 45.6 Å². The van der Waals surface area contributed by atoms with Gasteiger partial charge in [0.1, 0.15) is 0 Å². The second kappa shape index (κ2) is 7.71. The molecule has 4 nitrogen and oxygen atoms in total. The third kappa shape index (κ3) is 4.74. The second-order valence-electron chi connectivity index (χ2n) is 6.36. The Morgan fingerprint density at radius 1 is 0.875 bits per heavy atom. The van der Waals surface area contributed by atoms with Crippen molar-refractivity contribution < 1.29 is 8.42 Å². The van der Waals surface area contributed by atoms with Gasteiger partial charge in [-0.1, -0.05) is 32.9 Å². The van der Waals surface area contributed by atoms with Gasteiger partial charge in [0, 0.05) is 17.4 Å². The van der Waals surface area contributed by atoms with Crippen LogP contribution < -0.4 is 10.0 Å². The minimum absolute atomic E-state index is 0.272. The Morgan fingerprint density at radius 2 is 1.42 bits per heavy atom. The maximum absolute atomic E-state index is 12.5. The number of benzene rings is 2. The molecule has 0 amide bonds. The summed E-state index contributed by atoms with van der Waals surface area (Å²) in [4.78, 5) is 0.272. The van der Waals surface area contributed by atoms with Crippen molar-refractivity contribution in [2.75, 3.05) is 10.0 Å². The molecular formula is C19H26N2O2S. The summed E-state index contributed by atoms with van der Waals surface area (Å²) in [5.74, 6) is 0.375. The Bertz CT molecular complexity index is 751. The Morgan fingerprint density at radius 3 is 1.92 bits per heavy atom. The van der Waals surface area contributed by atoms with E-state index in [1.54, 1.807) is 24.3 Å². The molecule has 2 rings (SSSR count). The van der Waals surface area contributed by atoms with Gasteiger partial charge in [0.2, 0.25) is 0 Å². The minimum Gasteiger partial charge on any atom is -0.383 e. The van der Waals surface area contributed by atoms with Crippen molar-refractivity contribution in [1.82, 2.24) is 0 Å². The minimum atomic E-state index is -3.57. The zero-order chi connectivity index (χ0) is 17.7. The largest absolute Gasteiger partial charge is 0.383 e. The molecule has 2 aromatic rings. The third-order valence-corrected chi connectivity index (χ3v) is 5.42. The zero-order valence-corrected chi connectivity index (χ0v) is 15.5. The van der Waals surface area contributed by atoms with Gasteiger partial charge in [0.25, 0.3) is 10.0 Å². The van der Waals surface area contributed by atoms with Crippen LogP contribution in [0, 0.1) is 0 Å². The quantitative estimate of drug-likeness (QED) is 0.755. The van der Waals surface area contributed by atoms with Crippen LogP contribution in [-0.4, -0.2) is 14.5 Å². The molecule has 0 radical (unpaired) electrons.